The molecule has 0 amide bonds. The van der Waals surface area contributed by atoms with Crippen molar-refractivity contribution in [3.63, 3.8) is 0 Å². The first-order valence-electron chi connectivity index (χ1n) is 8.99. The van der Waals surface area contributed by atoms with Crippen molar-refractivity contribution >= 4 is 11.4 Å². The molecule has 0 unspecified atom stereocenters. The topological polar surface area (TPSA) is 44.8 Å². The third-order valence-electron chi connectivity index (χ3n) is 4.81. The molecule has 1 heterocycles. The number of rotatable bonds is 6. The van der Waals surface area contributed by atoms with Crippen molar-refractivity contribution in [2.24, 2.45) is 0 Å². The number of Topliss-reactive ketones (excluding diaryl/α,β-unsaturated/α-hetero) is 1. The summed E-state index contributed by atoms with van der Waals surface area (Å²) in [5.74, 6) is -1.05. The number of unbranched alkanes of at least 4 members (excludes halogenated alkanes) is 2. The van der Waals surface area contributed by atoms with Gasteiger partial charge in [0.25, 0.3) is 0 Å². The van der Waals surface area contributed by atoms with Gasteiger partial charge in [0.15, 0.2) is 11.6 Å². The molecule has 0 atom stereocenters. The minimum Gasteiger partial charge on any atom is -0.496 e. The zero-order chi connectivity index (χ0) is 17.9. The molecule has 5 heteroatoms. The molecule has 3 rings (SSSR count). The Bertz CT molecular complexity index is 675. The maximum absolute atomic E-state index is 14.9. The quantitative estimate of drug-likeness (QED) is 0.728. The molecule has 25 heavy (non-hydrogen) atoms. The van der Waals surface area contributed by atoms with E-state index in [1.54, 1.807) is 6.08 Å². The second-order valence-corrected chi connectivity index (χ2v) is 6.60. The van der Waals surface area contributed by atoms with Crippen LogP contribution in [0.3, 0.4) is 0 Å². The van der Waals surface area contributed by atoms with E-state index in [9.17, 15) is 9.18 Å². The lowest BCUT2D eigenvalue weighted by atomic mass is 9.87. The number of benzene rings is 1. The number of ketones is 1. The van der Waals surface area contributed by atoms with Gasteiger partial charge >= 0.3 is 0 Å². The predicted octanol–water partition coefficient (Wildman–Crippen LogP) is 4.06. The molecule has 1 fully saturated rings. The average molecular weight is 348 g/mol. The highest BCUT2D eigenvalue weighted by Gasteiger charge is 2.40. The minimum atomic E-state index is -0.902. The van der Waals surface area contributed by atoms with Gasteiger partial charge in [-0.3, -0.25) is 4.79 Å². The van der Waals surface area contributed by atoms with Gasteiger partial charge in [-0.1, -0.05) is 19.8 Å². The number of carbonyl (C=O) groups is 1. The van der Waals surface area contributed by atoms with Crippen molar-refractivity contribution in [1.29, 1.82) is 0 Å². The van der Waals surface area contributed by atoms with Gasteiger partial charge in [0, 0.05) is 18.4 Å². The van der Waals surface area contributed by atoms with Crippen molar-refractivity contribution in [3.05, 3.63) is 35.2 Å². The third-order valence-corrected chi connectivity index (χ3v) is 4.81. The average Bonchev–Trinajstić information content (AvgIpc) is 3.05. The Labute approximate surface area is 148 Å². The molecule has 4 nitrogen and oxygen atoms in total. The highest BCUT2D eigenvalue weighted by atomic mass is 19.1. The van der Waals surface area contributed by atoms with Gasteiger partial charge in [-0.2, -0.15) is 0 Å². The smallest absolute Gasteiger partial charge is 0.189 e. The summed E-state index contributed by atoms with van der Waals surface area (Å²) in [6.07, 6.45) is 6.38. The monoisotopic (exact) mass is 348 g/mol. The molecular weight excluding hydrogens is 323 g/mol. The lowest BCUT2D eigenvalue weighted by Gasteiger charge is -2.29. The normalized spacial score (nSPS) is 19.3. The van der Waals surface area contributed by atoms with Crippen LogP contribution in [-0.4, -0.2) is 31.9 Å². The fourth-order valence-corrected chi connectivity index (χ4v) is 3.49. The van der Waals surface area contributed by atoms with Crippen molar-refractivity contribution < 1.29 is 23.4 Å². The predicted molar refractivity (Wildman–Crippen MR) is 93.0 cm³/mol. The van der Waals surface area contributed by atoms with Gasteiger partial charge in [0.1, 0.15) is 11.6 Å². The van der Waals surface area contributed by atoms with Crippen LogP contribution < -0.4 is 4.74 Å². The molecule has 0 bridgehead atoms. The SMILES string of the molecule is CCCCCc1cc(F)c(C2=CC3(CCC2=O)OCCO3)c(OC)c1. The summed E-state index contributed by atoms with van der Waals surface area (Å²) in [4.78, 5) is 12.4. The van der Waals surface area contributed by atoms with E-state index in [0.717, 1.165) is 31.2 Å². The number of halogens is 1. The van der Waals surface area contributed by atoms with Crippen molar-refractivity contribution in [2.75, 3.05) is 20.3 Å². The summed E-state index contributed by atoms with van der Waals surface area (Å²) < 4.78 is 31.6. The van der Waals surface area contributed by atoms with Gasteiger partial charge in [0.2, 0.25) is 0 Å². The second-order valence-electron chi connectivity index (χ2n) is 6.60. The van der Waals surface area contributed by atoms with Gasteiger partial charge in [-0.05, 0) is 36.6 Å². The van der Waals surface area contributed by atoms with E-state index in [1.807, 2.05) is 6.07 Å². The van der Waals surface area contributed by atoms with E-state index in [2.05, 4.69) is 6.92 Å². The Morgan fingerprint density at radius 2 is 2.00 bits per heavy atom. The molecule has 0 aromatic heterocycles. The Hall–Kier alpha value is -1.72. The lowest BCUT2D eigenvalue weighted by Crippen LogP contribution is -2.33. The van der Waals surface area contributed by atoms with Crippen LogP contribution in [0.1, 0.15) is 50.2 Å². The van der Waals surface area contributed by atoms with Crippen LogP contribution in [0, 0.1) is 5.82 Å². The molecule has 0 radical (unpaired) electrons. The molecule has 1 aliphatic carbocycles. The van der Waals surface area contributed by atoms with Crippen LogP contribution in [0.5, 0.6) is 5.75 Å². The molecule has 0 N–H and O–H groups in total. The highest BCUT2D eigenvalue weighted by Crippen LogP contribution is 2.40. The van der Waals surface area contributed by atoms with E-state index in [1.165, 1.54) is 13.2 Å². The molecule has 1 saturated heterocycles. The zero-order valence-corrected chi connectivity index (χ0v) is 14.9. The molecule has 1 aromatic carbocycles. The van der Waals surface area contributed by atoms with E-state index in [0.29, 0.717) is 31.0 Å². The van der Waals surface area contributed by atoms with E-state index >= 15 is 0 Å². The van der Waals surface area contributed by atoms with Crippen LogP contribution in [0.15, 0.2) is 18.2 Å². The summed E-state index contributed by atoms with van der Waals surface area (Å²) in [5, 5.41) is 0. The molecule has 1 aliphatic heterocycles. The van der Waals surface area contributed by atoms with E-state index < -0.39 is 11.6 Å². The molecule has 0 saturated carbocycles. The van der Waals surface area contributed by atoms with Gasteiger partial charge in [0.05, 0.1) is 25.9 Å². The summed E-state index contributed by atoms with van der Waals surface area (Å²) in [5.41, 5.74) is 1.39. The third kappa shape index (κ3) is 3.77. The molecule has 136 valence electrons. The molecule has 2 aliphatic rings. The summed E-state index contributed by atoms with van der Waals surface area (Å²) in [6.45, 7) is 3.09. The molecule has 1 aromatic rings. The van der Waals surface area contributed by atoms with E-state index in [4.69, 9.17) is 14.2 Å². The minimum absolute atomic E-state index is 0.111. The molecule has 1 spiro atoms. The lowest BCUT2D eigenvalue weighted by molar-refractivity contribution is -0.135. The standard InChI is InChI=1S/C20H25FO4/c1-3-4-5-6-14-11-16(21)19(18(12-14)23-2)15-13-20(8-7-17(15)22)24-9-10-25-20/h11-13H,3-10H2,1-2H3. The van der Waals surface area contributed by atoms with Crippen molar-refractivity contribution in [1.82, 2.24) is 0 Å². The number of ether oxygens (including phenoxy) is 3. The fraction of sp³-hybridized carbons (Fsp3) is 0.550. The zero-order valence-electron chi connectivity index (χ0n) is 14.9. The number of hydrogen-bond acceptors (Lipinski definition) is 4. The number of hydrogen-bond donors (Lipinski definition) is 0. The Balaban J connectivity index is 1.97. The van der Waals surface area contributed by atoms with E-state index in [-0.39, 0.29) is 17.8 Å². The van der Waals surface area contributed by atoms with Crippen molar-refractivity contribution in [2.45, 2.75) is 51.2 Å². The number of carbonyl (C=O) groups excluding carboxylic acids is 1. The summed E-state index contributed by atoms with van der Waals surface area (Å²) in [6, 6.07) is 3.35. The highest BCUT2D eigenvalue weighted by molar-refractivity contribution is 6.22. The van der Waals surface area contributed by atoms with Crippen LogP contribution in [-0.2, 0) is 20.7 Å². The van der Waals surface area contributed by atoms with Crippen LogP contribution in [0.2, 0.25) is 0 Å². The summed E-state index contributed by atoms with van der Waals surface area (Å²) >= 11 is 0. The second kappa shape index (κ2) is 7.67. The number of methoxy groups -OCH3 is 1. The van der Waals surface area contributed by atoms with Crippen molar-refractivity contribution in [3.8, 4) is 5.75 Å². The fourth-order valence-electron chi connectivity index (χ4n) is 3.49. The van der Waals surface area contributed by atoms with Gasteiger partial charge in [-0.25, -0.2) is 4.39 Å². The number of aryl methyl sites for hydroxylation is 1. The maximum atomic E-state index is 14.9. The first-order chi connectivity index (χ1) is 12.1. The summed E-state index contributed by atoms with van der Waals surface area (Å²) in [7, 11) is 1.50. The first kappa shape index (κ1) is 18.1. The van der Waals surface area contributed by atoms with Crippen LogP contribution >= 0.6 is 0 Å². The van der Waals surface area contributed by atoms with Gasteiger partial charge in [-0.15, -0.1) is 0 Å². The van der Waals surface area contributed by atoms with Gasteiger partial charge < -0.3 is 14.2 Å². The largest absolute Gasteiger partial charge is 0.496 e. The Morgan fingerprint density at radius 3 is 2.68 bits per heavy atom. The Kier molecular flexibility index (Phi) is 5.54. The first-order valence-corrected chi connectivity index (χ1v) is 8.99. The number of allylic oxidation sites excluding steroid dienone is 1. The maximum Gasteiger partial charge on any atom is 0.189 e. The van der Waals surface area contributed by atoms with Crippen LogP contribution in [0.4, 0.5) is 4.39 Å². The molecular formula is C20H25FO4. The Morgan fingerprint density at radius 1 is 1.24 bits per heavy atom. The van der Waals surface area contributed by atoms with Crippen LogP contribution in [0.25, 0.3) is 5.57 Å².